The average Bonchev–Trinajstić information content (AvgIpc) is 2.67. The molecular formula is C21H25ClN2O. The van der Waals surface area contributed by atoms with Crippen molar-refractivity contribution in [2.24, 2.45) is 0 Å². The monoisotopic (exact) mass is 356 g/mol. The molecule has 1 fully saturated rings. The lowest BCUT2D eigenvalue weighted by molar-refractivity contribution is 0.0983. The molecule has 1 atom stereocenters. The van der Waals surface area contributed by atoms with Gasteiger partial charge in [-0.25, -0.2) is 0 Å². The van der Waals surface area contributed by atoms with Crippen LogP contribution in [0.5, 0.6) is 0 Å². The number of likely N-dealkylation sites (tertiary alicyclic amines) is 1. The van der Waals surface area contributed by atoms with Crippen LogP contribution in [-0.4, -0.2) is 36.9 Å². The van der Waals surface area contributed by atoms with Crippen molar-refractivity contribution in [1.29, 1.82) is 0 Å². The zero-order valence-electron chi connectivity index (χ0n) is 14.5. The molecule has 1 unspecified atom stereocenters. The third kappa shape index (κ3) is 5.15. The summed E-state index contributed by atoms with van der Waals surface area (Å²) >= 11 is 5.88. The highest BCUT2D eigenvalue weighted by molar-refractivity contribution is 6.30. The fraction of sp³-hybridized carbons (Fsp3) is 0.381. The van der Waals surface area contributed by atoms with E-state index in [4.69, 9.17) is 11.6 Å². The quantitative estimate of drug-likeness (QED) is 0.749. The Hall–Kier alpha value is -1.68. The molecule has 4 heteroatoms. The molecule has 0 aliphatic carbocycles. The van der Waals surface area contributed by atoms with Gasteiger partial charge in [0.25, 0.3) is 0 Å². The van der Waals surface area contributed by atoms with Gasteiger partial charge in [-0.15, -0.1) is 0 Å². The minimum absolute atomic E-state index is 0.0992. The first-order valence-corrected chi connectivity index (χ1v) is 9.40. The van der Waals surface area contributed by atoms with Gasteiger partial charge < -0.3 is 5.32 Å². The molecule has 1 aliphatic heterocycles. The van der Waals surface area contributed by atoms with Gasteiger partial charge in [-0.2, -0.15) is 0 Å². The number of rotatable bonds is 7. The Morgan fingerprint density at radius 3 is 2.36 bits per heavy atom. The average molecular weight is 357 g/mol. The van der Waals surface area contributed by atoms with Gasteiger partial charge in [0.05, 0.1) is 6.54 Å². The van der Waals surface area contributed by atoms with E-state index in [1.165, 1.54) is 24.8 Å². The highest BCUT2D eigenvalue weighted by Gasteiger charge is 2.22. The van der Waals surface area contributed by atoms with E-state index in [2.05, 4.69) is 34.5 Å². The summed E-state index contributed by atoms with van der Waals surface area (Å²) in [5, 5.41) is 4.02. The summed E-state index contributed by atoms with van der Waals surface area (Å²) in [5.41, 5.74) is 2.02. The molecule has 0 aromatic heterocycles. The molecule has 2 aromatic carbocycles. The molecule has 0 spiro atoms. The van der Waals surface area contributed by atoms with Gasteiger partial charge in [-0.3, -0.25) is 9.69 Å². The van der Waals surface area contributed by atoms with Gasteiger partial charge in [-0.05, 0) is 55.8 Å². The first-order valence-electron chi connectivity index (χ1n) is 9.02. The van der Waals surface area contributed by atoms with Crippen molar-refractivity contribution >= 4 is 17.4 Å². The minimum Gasteiger partial charge on any atom is -0.308 e. The molecule has 132 valence electrons. The molecule has 3 nitrogen and oxygen atoms in total. The van der Waals surface area contributed by atoms with E-state index in [1.54, 1.807) is 24.3 Å². The Morgan fingerprint density at radius 1 is 1.00 bits per heavy atom. The predicted octanol–water partition coefficient (Wildman–Crippen LogP) is 4.34. The molecule has 0 amide bonds. The number of carbonyl (C=O) groups is 1. The number of halogens is 1. The van der Waals surface area contributed by atoms with Crippen molar-refractivity contribution in [3.63, 3.8) is 0 Å². The van der Waals surface area contributed by atoms with Crippen LogP contribution in [0.25, 0.3) is 0 Å². The molecule has 3 rings (SSSR count). The Labute approximate surface area is 155 Å². The van der Waals surface area contributed by atoms with Crippen LogP contribution in [-0.2, 0) is 0 Å². The van der Waals surface area contributed by atoms with E-state index < -0.39 is 0 Å². The highest BCUT2D eigenvalue weighted by Crippen LogP contribution is 2.24. The SMILES string of the molecule is O=C(CNCC(c1ccccc1)N1CCCCC1)c1ccc(Cl)cc1. The van der Waals surface area contributed by atoms with Crippen LogP contribution in [0.1, 0.15) is 41.2 Å². The maximum Gasteiger partial charge on any atom is 0.176 e. The number of hydrogen-bond acceptors (Lipinski definition) is 3. The zero-order chi connectivity index (χ0) is 17.5. The van der Waals surface area contributed by atoms with E-state index in [0.29, 0.717) is 23.2 Å². The van der Waals surface area contributed by atoms with Crippen molar-refractivity contribution in [2.75, 3.05) is 26.2 Å². The number of hydrogen-bond donors (Lipinski definition) is 1. The molecule has 2 aromatic rings. The lowest BCUT2D eigenvalue weighted by Gasteiger charge is -2.35. The van der Waals surface area contributed by atoms with E-state index in [-0.39, 0.29) is 5.78 Å². The van der Waals surface area contributed by atoms with Crippen molar-refractivity contribution in [2.45, 2.75) is 25.3 Å². The van der Waals surface area contributed by atoms with E-state index >= 15 is 0 Å². The summed E-state index contributed by atoms with van der Waals surface area (Å²) in [6.07, 6.45) is 3.83. The van der Waals surface area contributed by atoms with Crippen molar-refractivity contribution in [3.8, 4) is 0 Å². The Balaban J connectivity index is 1.60. The van der Waals surface area contributed by atoms with E-state index in [9.17, 15) is 4.79 Å². The molecule has 1 aliphatic rings. The summed E-state index contributed by atoms with van der Waals surface area (Å²) in [5.74, 6) is 0.0992. The van der Waals surface area contributed by atoms with Crippen molar-refractivity contribution in [1.82, 2.24) is 10.2 Å². The topological polar surface area (TPSA) is 32.3 Å². The van der Waals surface area contributed by atoms with Crippen molar-refractivity contribution in [3.05, 3.63) is 70.7 Å². The van der Waals surface area contributed by atoms with Gasteiger partial charge in [0.1, 0.15) is 0 Å². The van der Waals surface area contributed by atoms with Crippen LogP contribution in [0.4, 0.5) is 0 Å². The van der Waals surface area contributed by atoms with E-state index in [1.807, 2.05) is 6.07 Å². The van der Waals surface area contributed by atoms with Crippen LogP contribution < -0.4 is 5.32 Å². The maximum absolute atomic E-state index is 12.3. The third-order valence-corrected chi connectivity index (χ3v) is 5.06. The van der Waals surface area contributed by atoms with Gasteiger partial charge in [0.2, 0.25) is 0 Å². The summed E-state index contributed by atoms with van der Waals surface area (Å²) < 4.78 is 0. The first kappa shape index (κ1) is 18.1. The number of Topliss-reactive ketones (excluding diaryl/α,β-unsaturated/α-hetero) is 1. The third-order valence-electron chi connectivity index (χ3n) is 4.81. The van der Waals surface area contributed by atoms with E-state index in [0.717, 1.165) is 19.6 Å². The Kier molecular flexibility index (Phi) is 6.62. The molecule has 1 saturated heterocycles. The zero-order valence-corrected chi connectivity index (χ0v) is 15.2. The number of benzene rings is 2. The number of nitrogens with zero attached hydrogens (tertiary/aromatic N) is 1. The Bertz CT molecular complexity index is 666. The van der Waals surface area contributed by atoms with Gasteiger partial charge >= 0.3 is 0 Å². The first-order chi connectivity index (χ1) is 12.2. The van der Waals surface area contributed by atoms with Crippen molar-refractivity contribution < 1.29 is 4.79 Å². The highest BCUT2D eigenvalue weighted by atomic mass is 35.5. The Morgan fingerprint density at radius 2 is 1.68 bits per heavy atom. The second kappa shape index (κ2) is 9.14. The van der Waals surface area contributed by atoms with Gasteiger partial charge in [0, 0.05) is 23.2 Å². The standard InChI is InChI=1S/C21H25ClN2O/c22-19-11-9-18(10-12-19)21(25)16-23-15-20(17-7-3-1-4-8-17)24-13-5-2-6-14-24/h1,3-4,7-12,20,23H,2,5-6,13-16H2. The van der Waals surface area contributed by atoms with Gasteiger partial charge in [0.15, 0.2) is 5.78 Å². The summed E-state index contributed by atoms with van der Waals surface area (Å²) in [6, 6.07) is 18.0. The second-order valence-electron chi connectivity index (χ2n) is 6.58. The number of ketones is 1. The van der Waals surface area contributed by atoms with Crippen LogP contribution in [0.15, 0.2) is 54.6 Å². The molecule has 1 N–H and O–H groups in total. The summed E-state index contributed by atoms with van der Waals surface area (Å²) in [6.45, 7) is 3.39. The van der Waals surface area contributed by atoms with Gasteiger partial charge in [-0.1, -0.05) is 48.4 Å². The molecular weight excluding hydrogens is 332 g/mol. The van der Waals surface area contributed by atoms with Crippen LogP contribution in [0.2, 0.25) is 5.02 Å². The maximum atomic E-state index is 12.3. The summed E-state index contributed by atoms with van der Waals surface area (Å²) in [4.78, 5) is 14.9. The van der Waals surface area contributed by atoms with Crippen LogP contribution >= 0.6 is 11.6 Å². The lowest BCUT2D eigenvalue weighted by atomic mass is 10.0. The number of nitrogens with one attached hydrogen (secondary N) is 1. The normalized spacial score (nSPS) is 16.5. The molecule has 0 radical (unpaired) electrons. The second-order valence-corrected chi connectivity index (χ2v) is 7.02. The largest absolute Gasteiger partial charge is 0.308 e. The number of piperidine rings is 1. The fourth-order valence-corrected chi connectivity index (χ4v) is 3.55. The molecule has 0 saturated carbocycles. The molecule has 25 heavy (non-hydrogen) atoms. The minimum atomic E-state index is 0.0992. The lowest BCUT2D eigenvalue weighted by Crippen LogP contribution is -2.40. The van der Waals surface area contributed by atoms with Crippen LogP contribution in [0.3, 0.4) is 0 Å². The molecule has 0 bridgehead atoms. The fourth-order valence-electron chi connectivity index (χ4n) is 3.42. The smallest absolute Gasteiger partial charge is 0.176 e. The predicted molar refractivity (Wildman–Crippen MR) is 103 cm³/mol. The summed E-state index contributed by atoms with van der Waals surface area (Å²) in [7, 11) is 0. The number of carbonyl (C=O) groups excluding carboxylic acids is 1. The molecule has 1 heterocycles. The van der Waals surface area contributed by atoms with Crippen LogP contribution in [0, 0.1) is 0 Å².